The van der Waals surface area contributed by atoms with Crippen LogP contribution in [0.15, 0.2) is 42.5 Å². The van der Waals surface area contributed by atoms with Crippen molar-refractivity contribution in [2.75, 3.05) is 31.1 Å². The van der Waals surface area contributed by atoms with E-state index in [4.69, 9.17) is 0 Å². The number of aliphatic hydroxyl groups excluding tert-OH is 1. The fraction of sp³-hybridized carbons (Fsp3) is 0.375. The number of fused-ring (bicyclic) bond motifs is 1. The van der Waals surface area contributed by atoms with E-state index < -0.39 is 11.5 Å². The quantitative estimate of drug-likeness (QED) is 0.649. The molecule has 0 radical (unpaired) electrons. The molecule has 2 aromatic carbocycles. The molecule has 4 rings (SSSR count). The van der Waals surface area contributed by atoms with Gasteiger partial charge < -0.3 is 20.0 Å². The van der Waals surface area contributed by atoms with Gasteiger partial charge in [0.1, 0.15) is 23.5 Å². The molecule has 0 aliphatic carbocycles. The van der Waals surface area contributed by atoms with E-state index >= 15 is 0 Å². The lowest BCUT2D eigenvalue weighted by Gasteiger charge is -2.38. The predicted octanol–water partition coefficient (Wildman–Crippen LogP) is 3.44. The van der Waals surface area contributed by atoms with Gasteiger partial charge in [-0.15, -0.1) is 0 Å². The summed E-state index contributed by atoms with van der Waals surface area (Å²) in [5.74, 6) is 0.284. The number of hydrogen-bond donors (Lipinski definition) is 2. The molecule has 7 nitrogen and oxygen atoms in total. The first-order valence-corrected chi connectivity index (χ1v) is 10.6. The lowest BCUT2D eigenvalue weighted by molar-refractivity contribution is -0.146. The number of aromatic hydroxyl groups is 1. The summed E-state index contributed by atoms with van der Waals surface area (Å²) in [4.78, 5) is 25.5. The van der Waals surface area contributed by atoms with E-state index in [0.29, 0.717) is 54.3 Å². The maximum absolute atomic E-state index is 14.0. The molecular formula is C24H29FN4O3. The Hall–Kier alpha value is -3.26. The Kier molecular flexibility index (Phi) is 5.73. The Morgan fingerprint density at radius 2 is 1.78 bits per heavy atom. The molecule has 0 saturated carbocycles. The third kappa shape index (κ3) is 4.23. The molecule has 1 fully saturated rings. The maximum Gasteiger partial charge on any atom is 0.252 e. The molecule has 1 saturated heterocycles. The minimum atomic E-state index is -1.07. The summed E-state index contributed by atoms with van der Waals surface area (Å²) in [5, 5.41) is 21.2. The van der Waals surface area contributed by atoms with Crippen molar-refractivity contribution in [2.24, 2.45) is 5.41 Å². The van der Waals surface area contributed by atoms with Crippen molar-refractivity contribution < 1.29 is 20.8 Å². The number of phenols is 1. The monoisotopic (exact) mass is 440 g/mol. The van der Waals surface area contributed by atoms with Crippen LogP contribution < -0.4 is 4.90 Å². The highest BCUT2D eigenvalue weighted by atomic mass is 19.1. The molecule has 32 heavy (non-hydrogen) atoms. The van der Waals surface area contributed by atoms with Crippen molar-refractivity contribution in [2.45, 2.75) is 26.9 Å². The number of piperazine rings is 1. The molecule has 1 aliphatic rings. The third-order valence-electron chi connectivity index (χ3n) is 5.73. The second-order valence-corrected chi connectivity index (χ2v) is 9.13. The number of hydrogen-bond acceptors (Lipinski definition) is 6. The van der Waals surface area contributed by atoms with Gasteiger partial charge in [-0.05, 0) is 35.7 Å². The fourth-order valence-electron chi connectivity index (χ4n) is 3.79. The average molecular weight is 441 g/mol. The highest BCUT2D eigenvalue weighted by Crippen LogP contribution is 2.32. The van der Waals surface area contributed by atoms with Gasteiger partial charge in [-0.25, -0.2) is 14.4 Å². The summed E-state index contributed by atoms with van der Waals surface area (Å²) in [6.07, 6.45) is -1.07. The number of para-hydroxylation sites is 1. The molecule has 1 atom stereocenters. The summed E-state index contributed by atoms with van der Waals surface area (Å²) in [5.41, 5.74) is 0.514. The number of aliphatic hydroxyl groups is 1. The van der Waals surface area contributed by atoms with Crippen molar-refractivity contribution in [3.63, 3.8) is 0 Å². The zero-order valence-corrected chi connectivity index (χ0v) is 18.4. The van der Waals surface area contributed by atoms with Crippen molar-refractivity contribution in [1.82, 2.24) is 14.9 Å². The Balaban J connectivity index is 0.00000306. The van der Waals surface area contributed by atoms with Crippen LogP contribution in [0.4, 0.5) is 10.2 Å². The first kappa shape index (κ1) is 22.0. The Morgan fingerprint density at radius 1 is 1.09 bits per heavy atom. The summed E-state index contributed by atoms with van der Waals surface area (Å²) >= 11 is 0. The van der Waals surface area contributed by atoms with E-state index in [1.807, 2.05) is 25.7 Å². The number of carbonyl (C=O) groups excluding carboxylic acids is 1. The molecule has 0 unspecified atom stereocenters. The van der Waals surface area contributed by atoms with Crippen LogP contribution in [-0.4, -0.2) is 63.3 Å². The lowest BCUT2D eigenvalue weighted by Crippen LogP contribution is -2.53. The smallest absolute Gasteiger partial charge is 0.252 e. The normalized spacial score (nSPS) is 15.8. The number of phenolic OH excluding ortho intramolecular Hbond substituents is 1. The van der Waals surface area contributed by atoms with Crippen molar-refractivity contribution >= 4 is 22.6 Å². The summed E-state index contributed by atoms with van der Waals surface area (Å²) in [6, 6.07) is 11.2. The van der Waals surface area contributed by atoms with Crippen LogP contribution in [0.1, 0.15) is 22.2 Å². The number of aromatic nitrogens is 2. The summed E-state index contributed by atoms with van der Waals surface area (Å²) in [7, 11) is 0. The number of anilines is 1. The topological polar surface area (TPSA) is 89.8 Å². The van der Waals surface area contributed by atoms with Gasteiger partial charge in [-0.3, -0.25) is 4.79 Å². The molecule has 1 aliphatic heterocycles. The van der Waals surface area contributed by atoms with Crippen LogP contribution in [-0.2, 0) is 4.79 Å². The first-order chi connectivity index (χ1) is 15.1. The highest BCUT2D eigenvalue weighted by molar-refractivity contribution is 5.91. The number of carbonyl (C=O) groups is 1. The van der Waals surface area contributed by atoms with Crippen molar-refractivity contribution in [1.29, 1.82) is 0 Å². The second-order valence-electron chi connectivity index (χ2n) is 9.13. The molecule has 170 valence electrons. The van der Waals surface area contributed by atoms with Gasteiger partial charge in [-0.2, -0.15) is 0 Å². The Bertz CT molecular complexity index is 1160. The minimum Gasteiger partial charge on any atom is -0.507 e. The number of benzene rings is 2. The molecular weight excluding hydrogens is 411 g/mol. The van der Waals surface area contributed by atoms with E-state index in [1.165, 1.54) is 12.1 Å². The van der Waals surface area contributed by atoms with Gasteiger partial charge in [-0.1, -0.05) is 32.9 Å². The van der Waals surface area contributed by atoms with Gasteiger partial charge >= 0.3 is 0 Å². The minimum absolute atomic E-state index is 0. The van der Waals surface area contributed by atoms with Crippen LogP contribution in [0.5, 0.6) is 5.75 Å². The average Bonchev–Trinajstić information content (AvgIpc) is 2.77. The molecule has 1 amide bonds. The molecule has 0 bridgehead atoms. The molecule has 1 aromatic heterocycles. The molecule has 3 aromatic rings. The zero-order valence-electron chi connectivity index (χ0n) is 18.4. The highest BCUT2D eigenvalue weighted by Gasteiger charge is 2.34. The van der Waals surface area contributed by atoms with E-state index in [9.17, 15) is 19.4 Å². The molecule has 0 spiro atoms. The van der Waals surface area contributed by atoms with Crippen molar-refractivity contribution in [3.8, 4) is 17.1 Å². The van der Waals surface area contributed by atoms with E-state index in [0.717, 1.165) is 0 Å². The third-order valence-corrected chi connectivity index (χ3v) is 5.73. The number of amides is 1. The van der Waals surface area contributed by atoms with Gasteiger partial charge in [0.05, 0.1) is 11.1 Å². The zero-order chi connectivity index (χ0) is 23.0. The van der Waals surface area contributed by atoms with Crippen LogP contribution >= 0.6 is 0 Å². The largest absolute Gasteiger partial charge is 0.507 e. The van der Waals surface area contributed by atoms with E-state index in [-0.39, 0.29) is 18.9 Å². The SMILES string of the molecule is CC(C)(C)[C@@H](O)C(=O)N1CCN(c2nc(-c3ccccc3O)nc3ccc(F)cc23)CC1.[HH]. The van der Waals surface area contributed by atoms with Gasteiger partial charge in [0.2, 0.25) is 0 Å². The Morgan fingerprint density at radius 3 is 2.44 bits per heavy atom. The lowest BCUT2D eigenvalue weighted by atomic mass is 9.88. The standard InChI is InChI=1S/C24H27FN4O3.H2/c1-24(2,3)20(31)23(32)29-12-10-28(11-13-29)22-17-14-15(25)8-9-18(17)26-21(27-22)16-6-4-5-7-19(16)30;/h4-9,14,20,30-31H,10-13H2,1-3H3;1H/t20-;/m0./s1. The number of nitrogens with zero attached hydrogens (tertiary/aromatic N) is 4. The Labute approximate surface area is 187 Å². The second kappa shape index (κ2) is 8.35. The molecule has 2 N–H and O–H groups in total. The molecule has 8 heteroatoms. The fourth-order valence-corrected chi connectivity index (χ4v) is 3.79. The van der Waals surface area contributed by atoms with Gasteiger partial charge in [0, 0.05) is 33.0 Å². The first-order valence-electron chi connectivity index (χ1n) is 10.6. The van der Waals surface area contributed by atoms with Crippen molar-refractivity contribution in [3.05, 3.63) is 48.3 Å². The van der Waals surface area contributed by atoms with Gasteiger partial charge in [0.15, 0.2) is 5.82 Å². The summed E-state index contributed by atoms with van der Waals surface area (Å²) < 4.78 is 14.0. The van der Waals surface area contributed by atoms with E-state index in [1.54, 1.807) is 35.2 Å². The predicted molar refractivity (Wildman–Crippen MR) is 123 cm³/mol. The summed E-state index contributed by atoms with van der Waals surface area (Å²) in [6.45, 7) is 7.27. The van der Waals surface area contributed by atoms with Crippen LogP contribution in [0.3, 0.4) is 0 Å². The van der Waals surface area contributed by atoms with Gasteiger partial charge in [0.25, 0.3) is 5.91 Å². The van der Waals surface area contributed by atoms with E-state index in [2.05, 4.69) is 9.97 Å². The van der Waals surface area contributed by atoms with Crippen LogP contribution in [0.25, 0.3) is 22.3 Å². The molecule has 2 heterocycles. The maximum atomic E-state index is 14.0. The number of halogens is 1. The van der Waals surface area contributed by atoms with Crippen LogP contribution in [0, 0.1) is 11.2 Å². The number of rotatable bonds is 3. The van der Waals surface area contributed by atoms with Crippen LogP contribution in [0.2, 0.25) is 0 Å².